The van der Waals surface area contributed by atoms with Crippen LogP contribution in [0.5, 0.6) is 0 Å². The summed E-state index contributed by atoms with van der Waals surface area (Å²) in [6.45, 7) is 13.3. The summed E-state index contributed by atoms with van der Waals surface area (Å²) in [5.41, 5.74) is 2.81. The molecule has 0 spiro atoms. The van der Waals surface area contributed by atoms with E-state index in [9.17, 15) is 0 Å². The molecule has 3 heteroatoms. The minimum absolute atomic E-state index is 0.209. The predicted octanol–water partition coefficient (Wildman–Crippen LogP) is 3.06. The third kappa shape index (κ3) is 5.33. The standard InChI is InChI=1S/C16H27N3/c1-6-17-15(18-7-2)19-12-13-8-10-14(11-9-13)16(3,4)5/h8-11H,6-7,12H2,1-5H3,(H2,17,18,19). The van der Waals surface area contributed by atoms with Crippen molar-refractivity contribution in [2.75, 3.05) is 13.1 Å². The van der Waals surface area contributed by atoms with Crippen LogP contribution in [0.25, 0.3) is 0 Å². The first-order chi connectivity index (χ1) is 8.97. The Morgan fingerprint density at radius 1 is 1.00 bits per heavy atom. The van der Waals surface area contributed by atoms with Gasteiger partial charge in [0.25, 0.3) is 0 Å². The molecule has 0 fully saturated rings. The van der Waals surface area contributed by atoms with Crippen molar-refractivity contribution in [1.29, 1.82) is 0 Å². The number of hydrogen-bond donors (Lipinski definition) is 2. The number of nitrogens with one attached hydrogen (secondary N) is 2. The summed E-state index contributed by atoms with van der Waals surface area (Å²) in [5.74, 6) is 0.880. The lowest BCUT2D eigenvalue weighted by Gasteiger charge is -2.19. The molecule has 1 rings (SSSR count). The third-order valence-electron chi connectivity index (χ3n) is 2.93. The zero-order chi connectivity index (χ0) is 14.3. The number of nitrogens with zero attached hydrogens (tertiary/aromatic N) is 1. The number of rotatable bonds is 4. The molecule has 106 valence electrons. The molecule has 0 saturated carbocycles. The topological polar surface area (TPSA) is 36.4 Å². The van der Waals surface area contributed by atoms with E-state index in [1.165, 1.54) is 11.1 Å². The summed E-state index contributed by atoms with van der Waals surface area (Å²) in [7, 11) is 0. The Balaban J connectivity index is 2.69. The van der Waals surface area contributed by atoms with Crippen molar-refractivity contribution >= 4 is 5.96 Å². The molecule has 2 N–H and O–H groups in total. The van der Waals surface area contributed by atoms with Crippen LogP contribution in [0.3, 0.4) is 0 Å². The van der Waals surface area contributed by atoms with E-state index in [0.717, 1.165) is 19.0 Å². The minimum atomic E-state index is 0.209. The second-order valence-electron chi connectivity index (χ2n) is 5.67. The fraction of sp³-hybridized carbons (Fsp3) is 0.562. The largest absolute Gasteiger partial charge is 0.357 e. The summed E-state index contributed by atoms with van der Waals surface area (Å²) in [4.78, 5) is 4.56. The Labute approximate surface area is 117 Å². The van der Waals surface area contributed by atoms with Gasteiger partial charge in [-0.1, -0.05) is 45.0 Å². The van der Waals surface area contributed by atoms with Gasteiger partial charge in [0.05, 0.1) is 6.54 Å². The third-order valence-corrected chi connectivity index (χ3v) is 2.93. The van der Waals surface area contributed by atoms with E-state index in [0.29, 0.717) is 6.54 Å². The van der Waals surface area contributed by atoms with Gasteiger partial charge in [0, 0.05) is 13.1 Å². The molecule has 0 bridgehead atoms. The van der Waals surface area contributed by atoms with Gasteiger partial charge in [-0.25, -0.2) is 4.99 Å². The van der Waals surface area contributed by atoms with Crippen LogP contribution < -0.4 is 10.6 Å². The number of hydrogen-bond acceptors (Lipinski definition) is 1. The molecule has 3 nitrogen and oxygen atoms in total. The van der Waals surface area contributed by atoms with E-state index in [1.54, 1.807) is 0 Å². The summed E-state index contributed by atoms with van der Waals surface area (Å²) >= 11 is 0. The van der Waals surface area contributed by atoms with Gasteiger partial charge in [0.1, 0.15) is 0 Å². The van der Waals surface area contributed by atoms with E-state index in [2.05, 4.69) is 74.5 Å². The first-order valence-electron chi connectivity index (χ1n) is 7.09. The molecule has 0 aliphatic heterocycles. The van der Waals surface area contributed by atoms with Crippen LogP contribution in [-0.4, -0.2) is 19.0 Å². The second kappa shape index (κ2) is 7.17. The van der Waals surface area contributed by atoms with Crippen LogP contribution in [0.4, 0.5) is 0 Å². The molecule has 0 saturated heterocycles. The Hall–Kier alpha value is -1.51. The Kier molecular flexibility index (Phi) is 5.87. The smallest absolute Gasteiger partial charge is 0.191 e. The fourth-order valence-electron chi connectivity index (χ4n) is 1.79. The molecular weight excluding hydrogens is 234 g/mol. The van der Waals surface area contributed by atoms with Crippen molar-refractivity contribution in [2.24, 2.45) is 4.99 Å². The molecule has 0 heterocycles. The van der Waals surface area contributed by atoms with Gasteiger partial charge in [-0.05, 0) is 30.4 Å². The van der Waals surface area contributed by atoms with E-state index in [4.69, 9.17) is 0 Å². The molecule has 0 unspecified atom stereocenters. The molecule has 1 aromatic carbocycles. The molecule has 0 amide bonds. The highest BCUT2D eigenvalue weighted by molar-refractivity contribution is 5.79. The van der Waals surface area contributed by atoms with Crippen molar-refractivity contribution in [3.8, 4) is 0 Å². The SMILES string of the molecule is CCNC(=NCc1ccc(C(C)(C)C)cc1)NCC. The summed E-state index contributed by atoms with van der Waals surface area (Å²) in [5, 5.41) is 6.46. The van der Waals surface area contributed by atoms with Crippen molar-refractivity contribution in [1.82, 2.24) is 10.6 Å². The highest BCUT2D eigenvalue weighted by Gasteiger charge is 2.12. The van der Waals surface area contributed by atoms with Gasteiger partial charge in [-0.3, -0.25) is 0 Å². The summed E-state index contributed by atoms with van der Waals surface area (Å²) in [6, 6.07) is 8.73. The normalized spacial score (nSPS) is 11.0. The monoisotopic (exact) mass is 261 g/mol. The first kappa shape index (κ1) is 15.5. The van der Waals surface area contributed by atoms with Gasteiger partial charge in [-0.2, -0.15) is 0 Å². The van der Waals surface area contributed by atoms with Crippen molar-refractivity contribution in [2.45, 2.75) is 46.6 Å². The van der Waals surface area contributed by atoms with E-state index < -0.39 is 0 Å². The number of guanidine groups is 1. The number of aliphatic imine (C=N–C) groups is 1. The maximum atomic E-state index is 4.56. The molecule has 0 radical (unpaired) electrons. The molecule has 0 atom stereocenters. The lowest BCUT2D eigenvalue weighted by Crippen LogP contribution is -2.36. The van der Waals surface area contributed by atoms with Gasteiger partial charge < -0.3 is 10.6 Å². The van der Waals surface area contributed by atoms with Crippen molar-refractivity contribution in [3.05, 3.63) is 35.4 Å². The Morgan fingerprint density at radius 2 is 1.53 bits per heavy atom. The zero-order valence-electron chi connectivity index (χ0n) is 12.9. The summed E-state index contributed by atoms with van der Waals surface area (Å²) in [6.07, 6.45) is 0. The fourth-order valence-corrected chi connectivity index (χ4v) is 1.79. The molecule has 0 aromatic heterocycles. The second-order valence-corrected chi connectivity index (χ2v) is 5.67. The quantitative estimate of drug-likeness (QED) is 0.645. The van der Waals surface area contributed by atoms with Gasteiger partial charge in [0.15, 0.2) is 5.96 Å². The molecule has 1 aromatic rings. The molecule has 0 aliphatic carbocycles. The van der Waals surface area contributed by atoms with Crippen molar-refractivity contribution < 1.29 is 0 Å². The molecule has 19 heavy (non-hydrogen) atoms. The van der Waals surface area contributed by atoms with Crippen LogP contribution in [0.15, 0.2) is 29.3 Å². The van der Waals surface area contributed by atoms with Crippen LogP contribution in [0, 0.1) is 0 Å². The highest BCUT2D eigenvalue weighted by atomic mass is 15.2. The Morgan fingerprint density at radius 3 is 1.95 bits per heavy atom. The van der Waals surface area contributed by atoms with Crippen molar-refractivity contribution in [3.63, 3.8) is 0 Å². The van der Waals surface area contributed by atoms with E-state index in [-0.39, 0.29) is 5.41 Å². The maximum absolute atomic E-state index is 4.56. The predicted molar refractivity (Wildman–Crippen MR) is 83.6 cm³/mol. The lowest BCUT2D eigenvalue weighted by molar-refractivity contribution is 0.590. The van der Waals surface area contributed by atoms with Crippen LogP contribution >= 0.6 is 0 Å². The highest BCUT2D eigenvalue weighted by Crippen LogP contribution is 2.22. The van der Waals surface area contributed by atoms with Crippen LogP contribution in [0.2, 0.25) is 0 Å². The van der Waals surface area contributed by atoms with Gasteiger partial charge in [0.2, 0.25) is 0 Å². The first-order valence-corrected chi connectivity index (χ1v) is 7.09. The Bertz CT molecular complexity index is 391. The van der Waals surface area contributed by atoms with E-state index >= 15 is 0 Å². The van der Waals surface area contributed by atoms with Crippen LogP contribution in [0.1, 0.15) is 45.7 Å². The average molecular weight is 261 g/mol. The summed E-state index contributed by atoms with van der Waals surface area (Å²) < 4.78 is 0. The van der Waals surface area contributed by atoms with Crippen LogP contribution in [-0.2, 0) is 12.0 Å². The molecule has 0 aliphatic rings. The molecular formula is C16H27N3. The van der Waals surface area contributed by atoms with E-state index in [1.807, 2.05) is 0 Å². The lowest BCUT2D eigenvalue weighted by atomic mass is 9.87. The average Bonchev–Trinajstić information content (AvgIpc) is 2.36. The van der Waals surface area contributed by atoms with Gasteiger partial charge in [-0.15, -0.1) is 0 Å². The zero-order valence-corrected chi connectivity index (χ0v) is 12.9. The minimum Gasteiger partial charge on any atom is -0.357 e. The maximum Gasteiger partial charge on any atom is 0.191 e. The number of benzene rings is 1. The van der Waals surface area contributed by atoms with Gasteiger partial charge >= 0.3 is 0 Å².